The molecule has 0 saturated carbocycles. The van der Waals surface area contributed by atoms with E-state index in [1.165, 1.54) is 17.0 Å². The summed E-state index contributed by atoms with van der Waals surface area (Å²) >= 11 is 0. The first-order valence-electron chi connectivity index (χ1n) is 10.9. The molecular formula is C25H33FN2O4. The summed E-state index contributed by atoms with van der Waals surface area (Å²) in [6, 6.07) is 12.5. The van der Waals surface area contributed by atoms with Gasteiger partial charge in [-0.25, -0.2) is 4.39 Å². The van der Waals surface area contributed by atoms with Crippen LogP contribution in [0.4, 0.5) is 4.39 Å². The molecule has 7 heteroatoms. The molecule has 6 nitrogen and oxygen atoms in total. The number of halogens is 1. The molecule has 1 atom stereocenters. The number of nitrogens with zero attached hydrogens (tertiary/aromatic N) is 1. The predicted molar refractivity (Wildman–Crippen MR) is 122 cm³/mol. The van der Waals surface area contributed by atoms with Crippen LogP contribution in [-0.2, 0) is 16.1 Å². The SMILES string of the molecule is COc1ccc(OCCCC(=O)N(Cc2ccc(F)cc2)[C@H](C)C(=O)NCC(C)C)cc1. The first-order valence-corrected chi connectivity index (χ1v) is 10.9. The molecule has 0 unspecified atom stereocenters. The molecule has 2 rings (SSSR count). The molecule has 0 fully saturated rings. The van der Waals surface area contributed by atoms with Crippen LogP contribution in [0.15, 0.2) is 48.5 Å². The fourth-order valence-corrected chi connectivity index (χ4v) is 3.05. The van der Waals surface area contributed by atoms with Gasteiger partial charge in [-0.2, -0.15) is 0 Å². The van der Waals surface area contributed by atoms with Crippen molar-refractivity contribution >= 4 is 11.8 Å². The van der Waals surface area contributed by atoms with Crippen LogP contribution < -0.4 is 14.8 Å². The van der Waals surface area contributed by atoms with E-state index in [2.05, 4.69) is 5.32 Å². The summed E-state index contributed by atoms with van der Waals surface area (Å²) in [6.45, 7) is 6.87. The Morgan fingerprint density at radius 3 is 2.22 bits per heavy atom. The van der Waals surface area contributed by atoms with Crippen molar-refractivity contribution in [3.05, 3.63) is 59.9 Å². The third-order valence-corrected chi connectivity index (χ3v) is 4.98. The standard InChI is InChI=1S/C25H33FN2O4/c1-18(2)16-27-25(30)19(3)28(17-20-7-9-21(26)10-8-20)24(29)6-5-15-32-23-13-11-22(31-4)12-14-23/h7-14,18-19H,5-6,15-17H2,1-4H3,(H,27,30)/t19-/m1/s1. The molecule has 0 radical (unpaired) electrons. The fraction of sp³-hybridized carbons (Fsp3) is 0.440. The van der Waals surface area contributed by atoms with Crippen molar-refractivity contribution in [3.8, 4) is 11.5 Å². The van der Waals surface area contributed by atoms with Gasteiger partial charge in [0.05, 0.1) is 13.7 Å². The molecule has 174 valence electrons. The van der Waals surface area contributed by atoms with Gasteiger partial charge in [-0.05, 0) is 61.2 Å². The molecule has 0 bridgehead atoms. The number of methoxy groups -OCH3 is 1. The molecule has 0 aliphatic carbocycles. The first kappa shape index (κ1) is 25.2. The highest BCUT2D eigenvalue weighted by Gasteiger charge is 2.25. The second-order valence-electron chi connectivity index (χ2n) is 8.09. The minimum atomic E-state index is -0.645. The van der Waals surface area contributed by atoms with E-state index < -0.39 is 6.04 Å². The summed E-state index contributed by atoms with van der Waals surface area (Å²) in [4.78, 5) is 27.1. The molecule has 0 aromatic heterocycles. The van der Waals surface area contributed by atoms with E-state index >= 15 is 0 Å². The highest BCUT2D eigenvalue weighted by Crippen LogP contribution is 2.18. The van der Waals surface area contributed by atoms with Crippen LogP contribution in [0.2, 0.25) is 0 Å². The van der Waals surface area contributed by atoms with E-state index in [9.17, 15) is 14.0 Å². The van der Waals surface area contributed by atoms with Crippen molar-refractivity contribution in [1.29, 1.82) is 0 Å². The van der Waals surface area contributed by atoms with Crippen molar-refractivity contribution in [1.82, 2.24) is 10.2 Å². The van der Waals surface area contributed by atoms with Gasteiger partial charge in [0.25, 0.3) is 0 Å². The zero-order valence-electron chi connectivity index (χ0n) is 19.3. The molecule has 1 N–H and O–H groups in total. The third kappa shape index (κ3) is 8.21. The topological polar surface area (TPSA) is 67.9 Å². The molecule has 0 heterocycles. The molecular weight excluding hydrogens is 411 g/mol. The second-order valence-corrected chi connectivity index (χ2v) is 8.09. The summed E-state index contributed by atoms with van der Waals surface area (Å²) in [7, 11) is 1.60. The number of carbonyl (C=O) groups excluding carboxylic acids is 2. The van der Waals surface area contributed by atoms with E-state index in [1.54, 1.807) is 26.2 Å². The average molecular weight is 445 g/mol. The van der Waals surface area contributed by atoms with E-state index in [0.29, 0.717) is 31.2 Å². The number of rotatable bonds is 12. The molecule has 0 aliphatic rings. The van der Waals surface area contributed by atoms with Gasteiger partial charge in [-0.1, -0.05) is 26.0 Å². The van der Waals surface area contributed by atoms with E-state index in [4.69, 9.17) is 9.47 Å². The zero-order valence-corrected chi connectivity index (χ0v) is 19.3. The largest absolute Gasteiger partial charge is 0.497 e. The molecule has 2 aromatic rings. The number of carbonyl (C=O) groups is 2. The Morgan fingerprint density at radius 2 is 1.62 bits per heavy atom. The number of nitrogens with one attached hydrogen (secondary N) is 1. The molecule has 0 saturated heterocycles. The zero-order chi connectivity index (χ0) is 23.5. The van der Waals surface area contributed by atoms with Gasteiger partial charge in [-0.15, -0.1) is 0 Å². The monoisotopic (exact) mass is 444 g/mol. The lowest BCUT2D eigenvalue weighted by molar-refractivity contribution is -0.140. The van der Waals surface area contributed by atoms with Crippen LogP contribution in [0.5, 0.6) is 11.5 Å². The first-order chi connectivity index (χ1) is 15.3. The molecule has 2 amide bonds. The molecule has 2 aromatic carbocycles. The van der Waals surface area contributed by atoms with E-state index in [1.807, 2.05) is 38.1 Å². The average Bonchev–Trinajstić information content (AvgIpc) is 2.79. The Labute approximate surface area is 189 Å². The van der Waals surface area contributed by atoms with Gasteiger partial charge in [0, 0.05) is 19.5 Å². The maximum atomic E-state index is 13.3. The Morgan fingerprint density at radius 1 is 1.00 bits per heavy atom. The van der Waals surface area contributed by atoms with Crippen molar-refractivity contribution in [2.75, 3.05) is 20.3 Å². The Kier molecular flexibility index (Phi) is 9.98. The van der Waals surface area contributed by atoms with E-state index in [0.717, 1.165) is 11.3 Å². The van der Waals surface area contributed by atoms with Crippen LogP contribution in [-0.4, -0.2) is 43.0 Å². The number of benzene rings is 2. The molecule has 0 spiro atoms. The minimum Gasteiger partial charge on any atom is -0.497 e. The van der Waals surface area contributed by atoms with Crippen LogP contribution in [0.1, 0.15) is 39.2 Å². The summed E-state index contributed by atoms with van der Waals surface area (Å²) < 4.78 is 24.1. The maximum absolute atomic E-state index is 13.3. The van der Waals surface area contributed by atoms with E-state index in [-0.39, 0.29) is 30.6 Å². The summed E-state index contributed by atoms with van der Waals surface area (Å²) in [5.41, 5.74) is 0.762. The Bertz CT molecular complexity index is 853. The van der Waals surface area contributed by atoms with Crippen molar-refractivity contribution in [2.24, 2.45) is 5.92 Å². The maximum Gasteiger partial charge on any atom is 0.242 e. The molecule has 0 aliphatic heterocycles. The van der Waals surface area contributed by atoms with Crippen LogP contribution in [0.3, 0.4) is 0 Å². The number of amides is 2. The smallest absolute Gasteiger partial charge is 0.242 e. The number of ether oxygens (including phenoxy) is 2. The number of hydrogen-bond acceptors (Lipinski definition) is 4. The molecule has 32 heavy (non-hydrogen) atoms. The van der Waals surface area contributed by atoms with Crippen molar-refractivity contribution < 1.29 is 23.5 Å². The highest BCUT2D eigenvalue weighted by molar-refractivity contribution is 5.87. The second kappa shape index (κ2) is 12.7. The van der Waals surface area contributed by atoms with Crippen molar-refractivity contribution in [2.45, 2.75) is 46.2 Å². The van der Waals surface area contributed by atoms with Gasteiger partial charge in [0.2, 0.25) is 11.8 Å². The third-order valence-electron chi connectivity index (χ3n) is 4.98. The summed E-state index contributed by atoms with van der Waals surface area (Å²) in [5, 5.41) is 2.88. The number of hydrogen-bond donors (Lipinski definition) is 1. The van der Waals surface area contributed by atoms with Crippen molar-refractivity contribution in [3.63, 3.8) is 0 Å². The fourth-order valence-electron chi connectivity index (χ4n) is 3.05. The lowest BCUT2D eigenvalue weighted by Crippen LogP contribution is -2.48. The van der Waals surface area contributed by atoms with Crippen LogP contribution in [0, 0.1) is 11.7 Å². The van der Waals surface area contributed by atoms with Crippen LogP contribution in [0.25, 0.3) is 0 Å². The summed E-state index contributed by atoms with van der Waals surface area (Å²) in [5.74, 6) is 1.05. The Hall–Kier alpha value is -3.09. The normalized spacial score (nSPS) is 11.7. The highest BCUT2D eigenvalue weighted by atomic mass is 19.1. The van der Waals surface area contributed by atoms with Gasteiger partial charge in [-0.3, -0.25) is 9.59 Å². The lowest BCUT2D eigenvalue weighted by Gasteiger charge is -2.29. The Balaban J connectivity index is 1.96. The van der Waals surface area contributed by atoms with Crippen LogP contribution >= 0.6 is 0 Å². The van der Waals surface area contributed by atoms with Gasteiger partial charge in [0.15, 0.2) is 0 Å². The van der Waals surface area contributed by atoms with Gasteiger partial charge in [0.1, 0.15) is 23.4 Å². The predicted octanol–water partition coefficient (Wildman–Crippen LogP) is 4.18. The van der Waals surface area contributed by atoms with Gasteiger partial charge >= 0.3 is 0 Å². The van der Waals surface area contributed by atoms with Gasteiger partial charge < -0.3 is 19.7 Å². The lowest BCUT2D eigenvalue weighted by atomic mass is 10.1. The minimum absolute atomic E-state index is 0.153. The quantitative estimate of drug-likeness (QED) is 0.499. The summed E-state index contributed by atoms with van der Waals surface area (Å²) in [6.07, 6.45) is 0.740.